The SMILES string of the molecule is CCNCC1CCN(S(=O)(=O)c2c(C)nn(C)c2C)CC1. The van der Waals surface area contributed by atoms with Crippen molar-refractivity contribution in [2.75, 3.05) is 26.2 Å². The van der Waals surface area contributed by atoms with Crippen LogP contribution in [0.3, 0.4) is 0 Å². The number of nitrogens with one attached hydrogen (secondary N) is 1. The standard InChI is InChI=1S/C14H26N4O2S/c1-5-15-10-13-6-8-18(9-7-13)21(19,20)14-11(2)16-17(4)12(14)3/h13,15H,5-10H2,1-4H3. The monoisotopic (exact) mass is 314 g/mol. The first-order valence-corrected chi connectivity index (χ1v) is 9.03. The van der Waals surface area contributed by atoms with Gasteiger partial charge in [-0.1, -0.05) is 6.92 Å². The first-order chi connectivity index (χ1) is 9.87. The third kappa shape index (κ3) is 3.30. The zero-order valence-corrected chi connectivity index (χ0v) is 14.2. The van der Waals surface area contributed by atoms with Crippen molar-refractivity contribution in [2.24, 2.45) is 13.0 Å². The summed E-state index contributed by atoms with van der Waals surface area (Å²) in [6.45, 7) is 8.82. The largest absolute Gasteiger partial charge is 0.317 e. The van der Waals surface area contributed by atoms with E-state index in [1.165, 1.54) is 0 Å². The second kappa shape index (κ2) is 6.46. The van der Waals surface area contributed by atoms with Crippen LogP contribution >= 0.6 is 0 Å². The Morgan fingerprint density at radius 2 is 1.90 bits per heavy atom. The summed E-state index contributed by atoms with van der Waals surface area (Å²) in [5.41, 5.74) is 1.30. The molecule has 0 atom stereocenters. The summed E-state index contributed by atoms with van der Waals surface area (Å²) in [4.78, 5) is 0.384. The molecule has 0 bridgehead atoms. The maximum Gasteiger partial charge on any atom is 0.246 e. The lowest BCUT2D eigenvalue weighted by Gasteiger charge is -2.31. The smallest absolute Gasteiger partial charge is 0.246 e. The van der Waals surface area contributed by atoms with Crippen LogP contribution in [-0.2, 0) is 17.1 Å². The Hall–Kier alpha value is -0.920. The quantitative estimate of drug-likeness (QED) is 0.882. The Balaban J connectivity index is 2.12. The highest BCUT2D eigenvalue weighted by molar-refractivity contribution is 7.89. The Bertz CT molecular complexity index is 586. The molecule has 0 radical (unpaired) electrons. The Kier molecular flexibility index (Phi) is 5.06. The van der Waals surface area contributed by atoms with Crippen LogP contribution in [-0.4, -0.2) is 48.7 Å². The van der Waals surface area contributed by atoms with Gasteiger partial charge in [-0.3, -0.25) is 4.68 Å². The Morgan fingerprint density at radius 1 is 1.29 bits per heavy atom. The van der Waals surface area contributed by atoms with Crippen LogP contribution in [0.2, 0.25) is 0 Å². The number of nitrogens with zero attached hydrogens (tertiary/aromatic N) is 3. The van der Waals surface area contributed by atoms with Crippen molar-refractivity contribution in [3.05, 3.63) is 11.4 Å². The molecule has 1 saturated heterocycles. The summed E-state index contributed by atoms with van der Waals surface area (Å²) >= 11 is 0. The van der Waals surface area contributed by atoms with Gasteiger partial charge >= 0.3 is 0 Å². The highest BCUT2D eigenvalue weighted by atomic mass is 32.2. The van der Waals surface area contributed by atoms with Crippen molar-refractivity contribution in [3.8, 4) is 0 Å². The van der Waals surface area contributed by atoms with Gasteiger partial charge in [-0.25, -0.2) is 8.42 Å². The molecule has 7 heteroatoms. The molecule has 1 fully saturated rings. The first-order valence-electron chi connectivity index (χ1n) is 7.59. The van der Waals surface area contributed by atoms with E-state index in [4.69, 9.17) is 0 Å². The van der Waals surface area contributed by atoms with Crippen LogP contribution in [0.4, 0.5) is 0 Å². The molecular formula is C14H26N4O2S. The number of aryl methyl sites for hydroxylation is 2. The van der Waals surface area contributed by atoms with Gasteiger partial charge in [0.05, 0.1) is 11.4 Å². The van der Waals surface area contributed by atoms with Crippen LogP contribution in [0.5, 0.6) is 0 Å². The molecule has 0 spiro atoms. The fourth-order valence-electron chi connectivity index (χ4n) is 2.96. The second-order valence-electron chi connectivity index (χ2n) is 5.78. The van der Waals surface area contributed by atoms with E-state index in [9.17, 15) is 8.42 Å². The number of rotatable bonds is 5. The molecule has 1 N–H and O–H groups in total. The molecule has 120 valence electrons. The lowest BCUT2D eigenvalue weighted by atomic mass is 9.98. The van der Waals surface area contributed by atoms with Gasteiger partial charge in [-0.15, -0.1) is 0 Å². The molecule has 0 amide bonds. The summed E-state index contributed by atoms with van der Waals surface area (Å²) in [5, 5.41) is 7.57. The molecule has 2 rings (SSSR count). The summed E-state index contributed by atoms with van der Waals surface area (Å²) in [5.74, 6) is 0.576. The highest BCUT2D eigenvalue weighted by Crippen LogP contribution is 2.27. The van der Waals surface area contributed by atoms with E-state index in [2.05, 4.69) is 17.3 Å². The zero-order valence-electron chi connectivity index (χ0n) is 13.4. The van der Waals surface area contributed by atoms with Gasteiger partial charge in [0.25, 0.3) is 0 Å². The second-order valence-corrected chi connectivity index (χ2v) is 7.65. The van der Waals surface area contributed by atoms with Gasteiger partial charge in [-0.05, 0) is 45.7 Å². The minimum atomic E-state index is -3.42. The van der Waals surface area contributed by atoms with E-state index in [0.717, 1.165) is 25.9 Å². The first kappa shape index (κ1) is 16.5. The van der Waals surface area contributed by atoms with E-state index in [1.807, 2.05) is 6.92 Å². The van der Waals surface area contributed by atoms with E-state index in [1.54, 1.807) is 23.0 Å². The summed E-state index contributed by atoms with van der Waals surface area (Å²) < 4.78 is 28.9. The number of hydrogen-bond donors (Lipinski definition) is 1. The zero-order chi connectivity index (χ0) is 15.6. The van der Waals surface area contributed by atoms with E-state index in [-0.39, 0.29) is 0 Å². The Labute approximate surface area is 127 Å². The van der Waals surface area contributed by atoms with Crippen LogP contribution in [0.15, 0.2) is 4.90 Å². The minimum absolute atomic E-state index is 0.384. The van der Waals surface area contributed by atoms with Crippen LogP contribution in [0.25, 0.3) is 0 Å². The van der Waals surface area contributed by atoms with E-state index in [0.29, 0.717) is 35.3 Å². The number of aromatic nitrogens is 2. The van der Waals surface area contributed by atoms with Crippen molar-refractivity contribution in [3.63, 3.8) is 0 Å². The van der Waals surface area contributed by atoms with Crippen molar-refractivity contribution < 1.29 is 8.42 Å². The molecular weight excluding hydrogens is 288 g/mol. The van der Waals surface area contributed by atoms with Gasteiger partial charge in [0.1, 0.15) is 4.90 Å². The lowest BCUT2D eigenvalue weighted by molar-refractivity contribution is 0.268. The van der Waals surface area contributed by atoms with Crippen molar-refractivity contribution in [2.45, 2.75) is 38.5 Å². The van der Waals surface area contributed by atoms with Crippen molar-refractivity contribution in [1.82, 2.24) is 19.4 Å². The fraction of sp³-hybridized carbons (Fsp3) is 0.786. The third-order valence-electron chi connectivity index (χ3n) is 4.30. The van der Waals surface area contributed by atoms with Crippen LogP contribution in [0.1, 0.15) is 31.2 Å². The predicted molar refractivity (Wildman–Crippen MR) is 82.7 cm³/mol. The minimum Gasteiger partial charge on any atom is -0.317 e. The number of hydrogen-bond acceptors (Lipinski definition) is 4. The molecule has 1 aromatic heterocycles. The molecule has 1 aliphatic heterocycles. The fourth-order valence-corrected chi connectivity index (χ4v) is 4.83. The predicted octanol–water partition coefficient (Wildman–Crippen LogP) is 1.05. The van der Waals surface area contributed by atoms with E-state index >= 15 is 0 Å². The summed E-state index contributed by atoms with van der Waals surface area (Å²) in [6, 6.07) is 0. The third-order valence-corrected chi connectivity index (χ3v) is 6.45. The van der Waals surface area contributed by atoms with Crippen molar-refractivity contribution in [1.29, 1.82) is 0 Å². The maximum atomic E-state index is 12.8. The van der Waals surface area contributed by atoms with Crippen LogP contribution < -0.4 is 5.32 Å². The molecule has 21 heavy (non-hydrogen) atoms. The van der Waals surface area contributed by atoms with Gasteiger partial charge in [0, 0.05) is 20.1 Å². The van der Waals surface area contributed by atoms with Gasteiger partial charge in [0.15, 0.2) is 0 Å². The lowest BCUT2D eigenvalue weighted by Crippen LogP contribution is -2.41. The van der Waals surface area contributed by atoms with E-state index < -0.39 is 10.0 Å². The molecule has 0 aromatic carbocycles. The van der Waals surface area contributed by atoms with Gasteiger partial charge in [0.2, 0.25) is 10.0 Å². The molecule has 1 aromatic rings. The highest BCUT2D eigenvalue weighted by Gasteiger charge is 2.33. The molecule has 2 heterocycles. The molecule has 0 aliphatic carbocycles. The molecule has 1 aliphatic rings. The average molecular weight is 314 g/mol. The normalized spacial score (nSPS) is 18.3. The van der Waals surface area contributed by atoms with Crippen LogP contribution in [0, 0.1) is 19.8 Å². The summed E-state index contributed by atoms with van der Waals surface area (Å²) in [6.07, 6.45) is 1.84. The molecule has 0 saturated carbocycles. The van der Waals surface area contributed by atoms with Gasteiger partial charge < -0.3 is 5.32 Å². The van der Waals surface area contributed by atoms with Crippen molar-refractivity contribution >= 4 is 10.0 Å². The number of sulfonamides is 1. The molecule has 0 unspecified atom stereocenters. The van der Waals surface area contributed by atoms with Gasteiger partial charge in [-0.2, -0.15) is 9.40 Å². The topological polar surface area (TPSA) is 67.2 Å². The molecule has 6 nitrogen and oxygen atoms in total. The number of piperidine rings is 1. The maximum absolute atomic E-state index is 12.8. The average Bonchev–Trinajstić information content (AvgIpc) is 2.70. The Morgan fingerprint density at radius 3 is 2.38 bits per heavy atom. The summed E-state index contributed by atoms with van der Waals surface area (Å²) in [7, 11) is -1.64.